The number of aromatic nitrogens is 1. The van der Waals surface area contributed by atoms with Gasteiger partial charge in [-0.05, 0) is 26.1 Å². The highest BCUT2D eigenvalue weighted by Crippen LogP contribution is 2.29. The quantitative estimate of drug-likeness (QED) is 0.749. The van der Waals surface area contributed by atoms with Gasteiger partial charge in [0.1, 0.15) is 0 Å². The summed E-state index contributed by atoms with van der Waals surface area (Å²) in [5, 5.41) is 1.10. The minimum Gasteiger partial charge on any atom is -0.398 e. The van der Waals surface area contributed by atoms with Crippen LogP contribution in [0.25, 0.3) is 10.9 Å². The van der Waals surface area contributed by atoms with Crippen molar-refractivity contribution in [3.8, 4) is 0 Å². The van der Waals surface area contributed by atoms with Crippen molar-refractivity contribution in [1.82, 2.24) is 9.88 Å². The van der Waals surface area contributed by atoms with Gasteiger partial charge in [0, 0.05) is 41.8 Å². The summed E-state index contributed by atoms with van der Waals surface area (Å²) in [7, 11) is 2.13. The summed E-state index contributed by atoms with van der Waals surface area (Å²) in [5.41, 5.74) is 11.9. The molecule has 0 fully saturated rings. The van der Waals surface area contributed by atoms with Gasteiger partial charge in [-0.2, -0.15) is 0 Å². The number of benzene rings is 1. The second kappa shape index (κ2) is 3.70. The van der Waals surface area contributed by atoms with Crippen LogP contribution in [0.3, 0.4) is 0 Å². The van der Waals surface area contributed by atoms with E-state index < -0.39 is 0 Å². The van der Waals surface area contributed by atoms with Crippen molar-refractivity contribution in [3.05, 3.63) is 35.0 Å². The summed E-state index contributed by atoms with van der Waals surface area (Å²) in [6, 6.07) is 6.29. The van der Waals surface area contributed by atoms with Gasteiger partial charge in [0.05, 0.1) is 5.52 Å². The number of fused-ring (bicyclic) bond motifs is 2. The molecule has 0 unspecified atom stereocenters. The van der Waals surface area contributed by atoms with Crippen LogP contribution < -0.4 is 5.73 Å². The van der Waals surface area contributed by atoms with E-state index in [0.717, 1.165) is 36.1 Å². The molecule has 1 aliphatic rings. The number of likely N-dealkylation sites (N-methyl/N-ethyl adjacent to an activating group) is 1. The van der Waals surface area contributed by atoms with Crippen molar-refractivity contribution in [2.24, 2.45) is 0 Å². The summed E-state index contributed by atoms with van der Waals surface area (Å²) in [6.45, 7) is 4.07. The molecule has 1 aliphatic heterocycles. The zero-order chi connectivity index (χ0) is 12.0. The molecule has 2 heterocycles. The van der Waals surface area contributed by atoms with Crippen molar-refractivity contribution >= 4 is 16.6 Å². The number of pyridine rings is 1. The number of nitrogens with zero attached hydrogens (tertiary/aromatic N) is 2. The van der Waals surface area contributed by atoms with Gasteiger partial charge in [-0.3, -0.25) is 4.98 Å². The first-order chi connectivity index (χ1) is 8.15. The number of rotatable bonds is 0. The Kier molecular flexibility index (Phi) is 2.30. The molecule has 2 aromatic rings. The molecule has 0 atom stereocenters. The molecule has 0 bridgehead atoms. The van der Waals surface area contributed by atoms with Crippen LogP contribution in [0.2, 0.25) is 0 Å². The van der Waals surface area contributed by atoms with Gasteiger partial charge in [0.25, 0.3) is 0 Å². The Morgan fingerprint density at radius 2 is 2.18 bits per heavy atom. The second-order valence-electron chi connectivity index (χ2n) is 4.96. The number of hydrogen-bond acceptors (Lipinski definition) is 3. The molecule has 3 heteroatoms. The average molecular weight is 227 g/mol. The molecule has 0 spiro atoms. The first kappa shape index (κ1) is 10.5. The molecule has 0 radical (unpaired) electrons. The lowest BCUT2D eigenvalue weighted by Crippen LogP contribution is -2.28. The standard InChI is InChI=1S/C14H17N3/c1-9-3-4-12-10(7-9)14(15)11-8-17(2)6-5-13(11)16-12/h3-4,7H,5-6,8H2,1-2H3,(H2,15,16). The third-order valence-corrected chi connectivity index (χ3v) is 3.53. The highest BCUT2D eigenvalue weighted by atomic mass is 15.1. The molecule has 88 valence electrons. The van der Waals surface area contributed by atoms with Crippen molar-refractivity contribution in [2.45, 2.75) is 19.9 Å². The van der Waals surface area contributed by atoms with Gasteiger partial charge in [-0.15, -0.1) is 0 Å². The normalized spacial score (nSPS) is 16.1. The van der Waals surface area contributed by atoms with E-state index >= 15 is 0 Å². The largest absolute Gasteiger partial charge is 0.398 e. The Labute approximate surface area is 101 Å². The summed E-state index contributed by atoms with van der Waals surface area (Å²) in [5.74, 6) is 0. The van der Waals surface area contributed by atoms with Crippen molar-refractivity contribution in [3.63, 3.8) is 0 Å². The van der Waals surface area contributed by atoms with Gasteiger partial charge in [0.2, 0.25) is 0 Å². The van der Waals surface area contributed by atoms with Crippen molar-refractivity contribution in [2.75, 3.05) is 19.3 Å². The monoisotopic (exact) mass is 227 g/mol. The molecule has 0 saturated carbocycles. The fourth-order valence-electron chi connectivity index (χ4n) is 2.52. The van der Waals surface area contributed by atoms with E-state index in [-0.39, 0.29) is 0 Å². The highest BCUT2D eigenvalue weighted by molar-refractivity contribution is 5.92. The predicted molar refractivity (Wildman–Crippen MR) is 70.9 cm³/mol. The summed E-state index contributed by atoms with van der Waals surface area (Å²) < 4.78 is 0. The Morgan fingerprint density at radius 1 is 1.35 bits per heavy atom. The highest BCUT2D eigenvalue weighted by Gasteiger charge is 2.18. The van der Waals surface area contributed by atoms with Gasteiger partial charge in [0.15, 0.2) is 0 Å². The predicted octanol–water partition coefficient (Wildman–Crippen LogP) is 2.11. The molecule has 0 aliphatic carbocycles. The first-order valence-electron chi connectivity index (χ1n) is 6.01. The molecular weight excluding hydrogens is 210 g/mol. The maximum atomic E-state index is 6.30. The lowest BCUT2D eigenvalue weighted by molar-refractivity contribution is 0.311. The van der Waals surface area contributed by atoms with Crippen molar-refractivity contribution in [1.29, 1.82) is 0 Å². The molecular formula is C14H17N3. The minimum absolute atomic E-state index is 0.915. The molecule has 0 saturated heterocycles. The van der Waals surface area contributed by atoms with Crippen LogP contribution in [0.15, 0.2) is 18.2 Å². The van der Waals surface area contributed by atoms with Crippen molar-refractivity contribution < 1.29 is 0 Å². The Morgan fingerprint density at radius 3 is 3.00 bits per heavy atom. The van der Waals surface area contributed by atoms with Crippen LogP contribution in [-0.4, -0.2) is 23.5 Å². The number of nitrogens with two attached hydrogens (primary N) is 1. The zero-order valence-corrected chi connectivity index (χ0v) is 10.3. The lowest BCUT2D eigenvalue weighted by Gasteiger charge is -2.26. The fraction of sp³-hybridized carbons (Fsp3) is 0.357. The number of anilines is 1. The molecule has 0 amide bonds. The Balaban J connectivity index is 2.29. The minimum atomic E-state index is 0.915. The van der Waals surface area contributed by atoms with E-state index in [0.29, 0.717) is 0 Å². The Bertz CT molecular complexity index is 590. The van der Waals surface area contributed by atoms with Crippen LogP contribution in [0.5, 0.6) is 0 Å². The third kappa shape index (κ3) is 1.67. The van der Waals surface area contributed by atoms with E-state index in [4.69, 9.17) is 10.7 Å². The molecule has 3 rings (SSSR count). The van der Waals surface area contributed by atoms with E-state index in [1.807, 2.05) is 0 Å². The average Bonchev–Trinajstić information content (AvgIpc) is 2.32. The molecule has 1 aromatic carbocycles. The summed E-state index contributed by atoms with van der Waals surface area (Å²) in [4.78, 5) is 7.04. The summed E-state index contributed by atoms with van der Waals surface area (Å²) >= 11 is 0. The first-order valence-corrected chi connectivity index (χ1v) is 6.01. The Hall–Kier alpha value is -1.61. The topological polar surface area (TPSA) is 42.1 Å². The van der Waals surface area contributed by atoms with Gasteiger partial charge >= 0.3 is 0 Å². The second-order valence-corrected chi connectivity index (χ2v) is 4.96. The van der Waals surface area contributed by atoms with Crippen LogP contribution in [0.4, 0.5) is 5.69 Å². The van der Waals surface area contributed by atoms with Crippen LogP contribution in [0.1, 0.15) is 16.8 Å². The maximum absolute atomic E-state index is 6.30. The van der Waals surface area contributed by atoms with Crippen LogP contribution >= 0.6 is 0 Å². The van der Waals surface area contributed by atoms with Gasteiger partial charge in [-0.1, -0.05) is 11.6 Å². The fourth-order valence-corrected chi connectivity index (χ4v) is 2.52. The number of aryl methyl sites for hydroxylation is 1. The maximum Gasteiger partial charge on any atom is 0.0726 e. The molecule has 17 heavy (non-hydrogen) atoms. The van der Waals surface area contributed by atoms with E-state index in [2.05, 4.69) is 37.1 Å². The smallest absolute Gasteiger partial charge is 0.0726 e. The van der Waals surface area contributed by atoms with E-state index in [1.165, 1.54) is 16.8 Å². The van der Waals surface area contributed by atoms with Gasteiger partial charge in [-0.25, -0.2) is 0 Å². The SMILES string of the molecule is Cc1ccc2nc3c(c(N)c2c1)CN(C)CC3. The molecule has 3 nitrogen and oxygen atoms in total. The molecule has 2 N–H and O–H groups in total. The molecule has 1 aromatic heterocycles. The van der Waals surface area contributed by atoms with E-state index in [1.54, 1.807) is 0 Å². The summed E-state index contributed by atoms with van der Waals surface area (Å²) in [6.07, 6.45) is 1.000. The zero-order valence-electron chi connectivity index (χ0n) is 10.3. The third-order valence-electron chi connectivity index (χ3n) is 3.53. The lowest BCUT2D eigenvalue weighted by atomic mass is 10.00. The number of hydrogen-bond donors (Lipinski definition) is 1. The van der Waals surface area contributed by atoms with Crippen LogP contribution in [-0.2, 0) is 13.0 Å². The van der Waals surface area contributed by atoms with Gasteiger partial charge < -0.3 is 10.6 Å². The van der Waals surface area contributed by atoms with Crippen LogP contribution in [0, 0.1) is 6.92 Å². The van der Waals surface area contributed by atoms with E-state index in [9.17, 15) is 0 Å². The number of nitrogen functional groups attached to an aromatic ring is 1.